The van der Waals surface area contributed by atoms with Gasteiger partial charge in [0.2, 0.25) is 0 Å². The average molecular weight is 329 g/mol. The Kier molecular flexibility index (Phi) is 4.48. The van der Waals surface area contributed by atoms with Crippen molar-refractivity contribution in [1.82, 2.24) is 20.0 Å². The second-order valence-electron chi connectivity index (χ2n) is 8.25. The van der Waals surface area contributed by atoms with Gasteiger partial charge < -0.3 is 4.90 Å². The van der Waals surface area contributed by atoms with Crippen LogP contribution in [0.4, 0.5) is 5.82 Å². The smallest absolute Gasteiger partial charge is 0.151 e. The fourth-order valence-corrected chi connectivity index (χ4v) is 4.34. The number of hydrogen-bond donors (Lipinski definition) is 0. The van der Waals surface area contributed by atoms with Gasteiger partial charge in [-0.15, -0.1) is 5.10 Å². The molecule has 0 N–H and O–H groups in total. The second kappa shape index (κ2) is 6.60. The molecule has 4 rings (SSSR count). The van der Waals surface area contributed by atoms with E-state index in [0.29, 0.717) is 12.1 Å². The first-order chi connectivity index (χ1) is 11.6. The van der Waals surface area contributed by atoms with Gasteiger partial charge in [0, 0.05) is 51.4 Å². The molecule has 2 saturated heterocycles. The van der Waals surface area contributed by atoms with E-state index in [-0.39, 0.29) is 0 Å². The first-order valence-corrected chi connectivity index (χ1v) is 9.68. The van der Waals surface area contributed by atoms with Gasteiger partial charge in [-0.25, -0.2) is 0 Å². The summed E-state index contributed by atoms with van der Waals surface area (Å²) in [5.74, 6) is 1.89. The van der Waals surface area contributed by atoms with E-state index in [1.54, 1.807) is 0 Å². The van der Waals surface area contributed by atoms with Gasteiger partial charge in [-0.2, -0.15) is 5.10 Å². The molecule has 1 aromatic heterocycles. The summed E-state index contributed by atoms with van der Waals surface area (Å²) in [6.45, 7) is 14.0. The van der Waals surface area contributed by atoms with Crippen LogP contribution in [-0.4, -0.2) is 71.3 Å². The number of aromatic nitrogens is 2. The van der Waals surface area contributed by atoms with E-state index in [0.717, 1.165) is 31.2 Å². The van der Waals surface area contributed by atoms with Crippen LogP contribution in [0.2, 0.25) is 0 Å². The molecule has 1 aliphatic carbocycles. The van der Waals surface area contributed by atoms with Crippen molar-refractivity contribution in [3.63, 3.8) is 0 Å². The van der Waals surface area contributed by atoms with Crippen LogP contribution >= 0.6 is 0 Å². The minimum Gasteiger partial charge on any atom is -0.352 e. The third-order valence-electron chi connectivity index (χ3n) is 6.17. The zero-order valence-corrected chi connectivity index (χ0v) is 15.4. The van der Waals surface area contributed by atoms with Crippen molar-refractivity contribution in [2.24, 2.45) is 5.92 Å². The quantitative estimate of drug-likeness (QED) is 0.845. The fraction of sp³-hybridized carbons (Fsp3) is 0.789. The molecule has 2 fully saturated rings. The van der Waals surface area contributed by atoms with Gasteiger partial charge in [0.15, 0.2) is 5.82 Å². The molecule has 2 aliphatic heterocycles. The Morgan fingerprint density at radius 2 is 1.83 bits per heavy atom. The molecule has 1 atom stereocenters. The summed E-state index contributed by atoms with van der Waals surface area (Å²) in [4.78, 5) is 7.67. The highest BCUT2D eigenvalue weighted by molar-refractivity contribution is 5.45. The maximum absolute atomic E-state index is 4.51. The summed E-state index contributed by atoms with van der Waals surface area (Å²) in [7, 11) is 0. The second-order valence-corrected chi connectivity index (χ2v) is 8.25. The maximum Gasteiger partial charge on any atom is 0.151 e. The molecule has 0 aromatic carbocycles. The van der Waals surface area contributed by atoms with E-state index in [1.165, 1.54) is 50.3 Å². The Hall–Kier alpha value is -1.20. The third kappa shape index (κ3) is 3.16. The topological polar surface area (TPSA) is 35.5 Å². The summed E-state index contributed by atoms with van der Waals surface area (Å²) < 4.78 is 0. The zero-order valence-electron chi connectivity index (χ0n) is 15.4. The summed E-state index contributed by atoms with van der Waals surface area (Å²) in [5, 5.41) is 9.01. The Balaban J connectivity index is 1.32. The monoisotopic (exact) mass is 329 g/mol. The van der Waals surface area contributed by atoms with Crippen LogP contribution in [0.5, 0.6) is 0 Å². The van der Waals surface area contributed by atoms with Crippen molar-refractivity contribution in [2.45, 2.75) is 52.1 Å². The predicted molar refractivity (Wildman–Crippen MR) is 97.5 cm³/mol. The van der Waals surface area contributed by atoms with Gasteiger partial charge >= 0.3 is 0 Å². The van der Waals surface area contributed by atoms with Crippen molar-refractivity contribution in [1.29, 1.82) is 0 Å². The molecule has 5 heteroatoms. The number of aryl methyl sites for hydroxylation is 1. The highest BCUT2D eigenvalue weighted by atomic mass is 15.4. The Morgan fingerprint density at radius 1 is 1.08 bits per heavy atom. The molecule has 0 amide bonds. The molecule has 132 valence electrons. The first kappa shape index (κ1) is 16.3. The van der Waals surface area contributed by atoms with Gasteiger partial charge in [0.05, 0.1) is 5.69 Å². The molecule has 3 aliphatic rings. The largest absolute Gasteiger partial charge is 0.352 e. The van der Waals surface area contributed by atoms with Gasteiger partial charge in [0.25, 0.3) is 0 Å². The van der Waals surface area contributed by atoms with Crippen LogP contribution in [0.25, 0.3) is 0 Å². The molecule has 3 heterocycles. The van der Waals surface area contributed by atoms with E-state index >= 15 is 0 Å². The van der Waals surface area contributed by atoms with Crippen LogP contribution in [0.1, 0.15) is 38.4 Å². The van der Waals surface area contributed by atoms with Crippen molar-refractivity contribution in [2.75, 3.05) is 44.2 Å². The lowest BCUT2D eigenvalue weighted by Crippen LogP contribution is -2.63. The van der Waals surface area contributed by atoms with Crippen LogP contribution in [-0.2, 0) is 12.8 Å². The molecule has 24 heavy (non-hydrogen) atoms. The number of rotatable bonds is 3. The molecule has 0 spiro atoms. The molecular weight excluding hydrogens is 298 g/mol. The summed E-state index contributed by atoms with van der Waals surface area (Å²) in [6.07, 6.45) is 3.54. The highest BCUT2D eigenvalue weighted by Crippen LogP contribution is 2.28. The highest BCUT2D eigenvalue weighted by Gasteiger charge is 2.35. The summed E-state index contributed by atoms with van der Waals surface area (Å²) in [5.41, 5.74) is 2.67. The predicted octanol–water partition coefficient (Wildman–Crippen LogP) is 1.82. The maximum atomic E-state index is 4.51. The van der Waals surface area contributed by atoms with Gasteiger partial charge in [0.1, 0.15) is 0 Å². The van der Waals surface area contributed by atoms with Crippen LogP contribution in [0, 0.1) is 5.92 Å². The molecule has 0 saturated carbocycles. The van der Waals surface area contributed by atoms with E-state index in [2.05, 4.69) is 51.7 Å². The summed E-state index contributed by atoms with van der Waals surface area (Å²) >= 11 is 0. The molecule has 5 nitrogen and oxygen atoms in total. The van der Waals surface area contributed by atoms with Crippen molar-refractivity contribution >= 4 is 5.82 Å². The normalized spacial score (nSPS) is 26.5. The van der Waals surface area contributed by atoms with E-state index in [4.69, 9.17) is 0 Å². The number of anilines is 1. The lowest BCUT2D eigenvalue weighted by molar-refractivity contribution is 0.0676. The van der Waals surface area contributed by atoms with Crippen molar-refractivity contribution in [3.05, 3.63) is 17.3 Å². The van der Waals surface area contributed by atoms with Gasteiger partial charge in [-0.3, -0.25) is 9.80 Å². The SMILES string of the molecule is CC1CCc2nnc(N3CC(N4CCN(C(C)C)CC4)C3)cc2C1. The lowest BCUT2D eigenvalue weighted by Gasteiger charge is -2.49. The van der Waals surface area contributed by atoms with Crippen LogP contribution < -0.4 is 4.90 Å². The Morgan fingerprint density at radius 3 is 2.54 bits per heavy atom. The fourth-order valence-electron chi connectivity index (χ4n) is 4.34. The number of hydrogen-bond acceptors (Lipinski definition) is 5. The minimum atomic E-state index is 0.679. The van der Waals surface area contributed by atoms with Gasteiger partial charge in [-0.1, -0.05) is 6.92 Å². The Labute approximate surface area is 146 Å². The average Bonchev–Trinajstić information content (AvgIpc) is 2.53. The minimum absolute atomic E-state index is 0.679. The Bertz CT molecular complexity index is 573. The van der Waals surface area contributed by atoms with Gasteiger partial charge in [-0.05, 0) is 50.7 Å². The van der Waals surface area contributed by atoms with E-state index in [1.807, 2.05) is 0 Å². The number of fused-ring (bicyclic) bond motifs is 1. The molecule has 0 radical (unpaired) electrons. The number of piperazine rings is 1. The molecule has 1 aromatic rings. The molecule has 0 bridgehead atoms. The van der Waals surface area contributed by atoms with Crippen molar-refractivity contribution < 1.29 is 0 Å². The van der Waals surface area contributed by atoms with E-state index in [9.17, 15) is 0 Å². The summed E-state index contributed by atoms with van der Waals surface area (Å²) in [6, 6.07) is 3.69. The lowest BCUT2D eigenvalue weighted by atomic mass is 9.88. The number of nitrogens with zero attached hydrogens (tertiary/aromatic N) is 5. The molecular formula is C19H31N5. The zero-order chi connectivity index (χ0) is 16.7. The standard InChI is InChI=1S/C19H31N5/c1-14(2)22-6-8-23(9-7-22)17-12-24(13-17)19-11-16-10-15(3)4-5-18(16)20-21-19/h11,14-15,17H,4-10,12-13H2,1-3H3. The molecule has 1 unspecified atom stereocenters. The van der Waals surface area contributed by atoms with E-state index < -0.39 is 0 Å². The first-order valence-electron chi connectivity index (χ1n) is 9.68. The van der Waals surface area contributed by atoms with Crippen LogP contribution in [0.3, 0.4) is 0 Å². The van der Waals surface area contributed by atoms with Crippen molar-refractivity contribution in [3.8, 4) is 0 Å². The third-order valence-corrected chi connectivity index (χ3v) is 6.17. The van der Waals surface area contributed by atoms with Crippen LogP contribution in [0.15, 0.2) is 6.07 Å².